The van der Waals surface area contributed by atoms with Crippen LogP contribution in [0.3, 0.4) is 0 Å². The Morgan fingerprint density at radius 3 is 2.50 bits per heavy atom. The van der Waals surface area contributed by atoms with E-state index in [0.29, 0.717) is 12.1 Å². The molecular weight excluding hydrogens is 281 g/mol. The molecule has 0 saturated carbocycles. The molecule has 0 spiro atoms. The maximum atomic E-state index is 12.5. The summed E-state index contributed by atoms with van der Waals surface area (Å²) in [6, 6.07) is 1.91. The number of nitrogens with two attached hydrogens (primary N) is 1. The van der Waals surface area contributed by atoms with Crippen LogP contribution in [0.4, 0.5) is 18.9 Å². The number of hydrogen-bond donors (Lipinski definition) is 1. The number of carbonyl (C=O) groups excluding carboxylic acids is 1. The minimum absolute atomic E-state index is 0.211. The van der Waals surface area contributed by atoms with Crippen LogP contribution < -0.4 is 5.73 Å². The number of halogens is 3. The monoisotopic (exact) mass is 292 g/mol. The van der Waals surface area contributed by atoms with Gasteiger partial charge in [0.15, 0.2) is 0 Å². The van der Waals surface area contributed by atoms with Crippen LogP contribution in [0.2, 0.25) is 0 Å². The normalized spacial score (nSPS) is 12.8. The zero-order valence-electron chi connectivity index (χ0n) is 10.3. The van der Waals surface area contributed by atoms with Gasteiger partial charge in [-0.3, -0.25) is 14.9 Å². The molecule has 0 aliphatic heterocycles. The summed E-state index contributed by atoms with van der Waals surface area (Å²) in [7, 11) is 1.06. The Balaban J connectivity index is 3.40. The first-order valence-corrected chi connectivity index (χ1v) is 5.35. The molecule has 1 aromatic rings. The summed E-state index contributed by atoms with van der Waals surface area (Å²) in [6.45, 7) is -0.321. The van der Waals surface area contributed by atoms with Crippen LogP contribution in [0.5, 0.6) is 0 Å². The van der Waals surface area contributed by atoms with Crippen LogP contribution in [-0.2, 0) is 15.7 Å². The Kier molecular flexibility index (Phi) is 4.66. The molecule has 0 aromatic heterocycles. The largest absolute Gasteiger partial charge is 0.469 e. The van der Waals surface area contributed by atoms with E-state index >= 15 is 0 Å². The third kappa shape index (κ3) is 3.23. The highest BCUT2D eigenvalue weighted by molar-refractivity contribution is 5.80. The van der Waals surface area contributed by atoms with Crippen LogP contribution in [0.1, 0.15) is 17.0 Å². The summed E-state index contributed by atoms with van der Waals surface area (Å²) in [6.07, 6.45) is -4.72. The molecule has 20 heavy (non-hydrogen) atoms. The first-order valence-electron chi connectivity index (χ1n) is 5.35. The van der Waals surface area contributed by atoms with Gasteiger partial charge in [0.25, 0.3) is 5.69 Å². The fourth-order valence-corrected chi connectivity index (χ4v) is 1.67. The topological polar surface area (TPSA) is 95.5 Å². The smallest absolute Gasteiger partial charge is 0.416 e. The Labute approximate surface area is 111 Å². The zero-order chi connectivity index (χ0) is 15.5. The molecule has 9 heteroatoms. The van der Waals surface area contributed by atoms with Gasteiger partial charge in [0.2, 0.25) is 0 Å². The standard InChI is InChI=1S/C11H11F3N2O4/c1-20-10(17)8(5-15)7-3-2-6(11(12,13)14)4-9(7)16(18)19/h2-4,8H,5,15H2,1H3. The van der Waals surface area contributed by atoms with E-state index in [4.69, 9.17) is 5.73 Å². The molecule has 0 radical (unpaired) electrons. The fraction of sp³-hybridized carbons (Fsp3) is 0.364. The van der Waals surface area contributed by atoms with E-state index in [9.17, 15) is 28.1 Å². The van der Waals surface area contributed by atoms with Crippen LogP contribution >= 0.6 is 0 Å². The van der Waals surface area contributed by atoms with E-state index < -0.39 is 34.2 Å². The maximum absolute atomic E-state index is 12.5. The fourth-order valence-electron chi connectivity index (χ4n) is 1.67. The van der Waals surface area contributed by atoms with Crippen LogP contribution in [-0.4, -0.2) is 24.5 Å². The molecule has 1 rings (SSSR count). The first kappa shape index (κ1) is 15.9. The maximum Gasteiger partial charge on any atom is 0.416 e. The Hall–Kier alpha value is -2.16. The molecule has 0 amide bonds. The molecule has 110 valence electrons. The second-order valence-electron chi connectivity index (χ2n) is 3.84. The van der Waals surface area contributed by atoms with E-state index in [1.165, 1.54) is 0 Å². The molecule has 0 aliphatic carbocycles. The molecular formula is C11H11F3N2O4. The van der Waals surface area contributed by atoms with Crippen molar-refractivity contribution in [1.82, 2.24) is 0 Å². The van der Waals surface area contributed by atoms with Crippen molar-refractivity contribution in [1.29, 1.82) is 0 Å². The van der Waals surface area contributed by atoms with Gasteiger partial charge in [-0.05, 0) is 6.07 Å². The highest BCUT2D eigenvalue weighted by Gasteiger charge is 2.35. The number of ether oxygens (including phenoxy) is 1. The van der Waals surface area contributed by atoms with Crippen LogP contribution in [0.15, 0.2) is 18.2 Å². The lowest BCUT2D eigenvalue weighted by atomic mass is 9.96. The number of nitro groups is 1. The van der Waals surface area contributed by atoms with Crippen LogP contribution in [0.25, 0.3) is 0 Å². The van der Waals surface area contributed by atoms with Gasteiger partial charge in [-0.2, -0.15) is 13.2 Å². The molecule has 0 saturated heterocycles. The Bertz CT molecular complexity index is 531. The van der Waals surface area contributed by atoms with Gasteiger partial charge in [0, 0.05) is 18.2 Å². The van der Waals surface area contributed by atoms with Crippen molar-refractivity contribution in [3.05, 3.63) is 39.4 Å². The average Bonchev–Trinajstić information content (AvgIpc) is 2.38. The molecule has 0 heterocycles. The van der Waals surface area contributed by atoms with Crippen molar-refractivity contribution in [3.8, 4) is 0 Å². The molecule has 6 nitrogen and oxygen atoms in total. The molecule has 0 aliphatic rings. The first-order chi connectivity index (χ1) is 9.22. The second-order valence-corrected chi connectivity index (χ2v) is 3.84. The third-order valence-electron chi connectivity index (χ3n) is 2.65. The summed E-state index contributed by atoms with van der Waals surface area (Å²) < 4.78 is 42.0. The number of nitro benzene ring substituents is 1. The lowest BCUT2D eigenvalue weighted by Gasteiger charge is -2.14. The summed E-state index contributed by atoms with van der Waals surface area (Å²) >= 11 is 0. The Morgan fingerprint density at radius 2 is 2.10 bits per heavy atom. The summed E-state index contributed by atoms with van der Waals surface area (Å²) in [5, 5.41) is 10.9. The molecule has 0 fully saturated rings. The van der Waals surface area contributed by atoms with E-state index in [1.807, 2.05) is 0 Å². The van der Waals surface area contributed by atoms with Crippen molar-refractivity contribution in [3.63, 3.8) is 0 Å². The lowest BCUT2D eigenvalue weighted by Crippen LogP contribution is -2.24. The molecule has 1 atom stereocenters. The van der Waals surface area contributed by atoms with E-state index in [0.717, 1.165) is 13.2 Å². The number of nitrogens with zero attached hydrogens (tertiary/aromatic N) is 1. The zero-order valence-corrected chi connectivity index (χ0v) is 10.3. The number of methoxy groups -OCH3 is 1. The molecule has 1 aromatic carbocycles. The van der Waals surface area contributed by atoms with Crippen molar-refractivity contribution in [2.24, 2.45) is 5.73 Å². The number of hydrogen-bond acceptors (Lipinski definition) is 5. The number of esters is 1. The Morgan fingerprint density at radius 1 is 1.50 bits per heavy atom. The van der Waals surface area contributed by atoms with Gasteiger partial charge in [-0.1, -0.05) is 6.07 Å². The van der Waals surface area contributed by atoms with Gasteiger partial charge in [-0.15, -0.1) is 0 Å². The number of alkyl halides is 3. The van der Waals surface area contributed by atoms with Crippen molar-refractivity contribution >= 4 is 11.7 Å². The highest BCUT2D eigenvalue weighted by atomic mass is 19.4. The van der Waals surface area contributed by atoms with E-state index in [-0.39, 0.29) is 12.1 Å². The third-order valence-corrected chi connectivity index (χ3v) is 2.65. The molecule has 2 N–H and O–H groups in total. The van der Waals surface area contributed by atoms with Crippen molar-refractivity contribution < 1.29 is 27.6 Å². The van der Waals surface area contributed by atoms with Gasteiger partial charge < -0.3 is 10.5 Å². The van der Waals surface area contributed by atoms with Gasteiger partial charge in [0.05, 0.1) is 17.6 Å². The van der Waals surface area contributed by atoms with E-state index in [1.54, 1.807) is 0 Å². The molecule has 0 bridgehead atoms. The summed E-state index contributed by atoms with van der Waals surface area (Å²) in [5.74, 6) is -2.04. The van der Waals surface area contributed by atoms with Crippen LogP contribution in [0, 0.1) is 10.1 Å². The highest BCUT2D eigenvalue weighted by Crippen LogP contribution is 2.35. The minimum atomic E-state index is -4.72. The van der Waals surface area contributed by atoms with Gasteiger partial charge in [-0.25, -0.2) is 0 Å². The van der Waals surface area contributed by atoms with Crippen molar-refractivity contribution in [2.75, 3.05) is 13.7 Å². The molecule has 1 unspecified atom stereocenters. The average molecular weight is 292 g/mol. The SMILES string of the molecule is COC(=O)C(CN)c1ccc(C(F)(F)F)cc1[N+](=O)[O-]. The number of carbonyl (C=O) groups is 1. The van der Waals surface area contributed by atoms with Crippen molar-refractivity contribution in [2.45, 2.75) is 12.1 Å². The number of rotatable bonds is 4. The summed E-state index contributed by atoms with van der Waals surface area (Å²) in [5.41, 5.74) is 3.13. The van der Waals surface area contributed by atoms with Gasteiger partial charge >= 0.3 is 12.1 Å². The second kappa shape index (κ2) is 5.87. The number of benzene rings is 1. The predicted molar refractivity (Wildman–Crippen MR) is 61.9 cm³/mol. The van der Waals surface area contributed by atoms with E-state index in [2.05, 4.69) is 4.74 Å². The lowest BCUT2D eigenvalue weighted by molar-refractivity contribution is -0.385. The van der Waals surface area contributed by atoms with Gasteiger partial charge in [0.1, 0.15) is 5.92 Å². The minimum Gasteiger partial charge on any atom is -0.469 e. The quantitative estimate of drug-likeness (QED) is 0.519. The predicted octanol–water partition coefficient (Wildman–Crippen LogP) is 1.83. The summed E-state index contributed by atoms with van der Waals surface area (Å²) in [4.78, 5) is 21.3.